The molecule has 0 saturated carbocycles. The highest BCUT2D eigenvalue weighted by atomic mass is 32.2. The van der Waals surface area contributed by atoms with Crippen LogP contribution in [-0.2, 0) is 31.1 Å². The third-order valence-electron chi connectivity index (χ3n) is 8.27. The maximum Gasteiger partial charge on any atom is 0.326 e. The first kappa shape index (κ1) is 36.0. The van der Waals surface area contributed by atoms with E-state index in [9.17, 15) is 38.2 Å². The van der Waals surface area contributed by atoms with Crippen LogP contribution in [0.1, 0.15) is 35.3 Å². The number of amides is 3. The van der Waals surface area contributed by atoms with E-state index in [4.69, 9.17) is 4.74 Å². The number of hydrogen-bond donors (Lipinski definition) is 5. The minimum absolute atomic E-state index is 0.0746. The van der Waals surface area contributed by atoms with E-state index < -0.39 is 65.0 Å². The number of carboxylic acid groups (broad SMARTS) is 1. The molecule has 260 valence electrons. The molecular weight excluding hydrogens is 668 g/mol. The van der Waals surface area contributed by atoms with Crippen molar-refractivity contribution in [3.63, 3.8) is 0 Å². The van der Waals surface area contributed by atoms with Gasteiger partial charge in [-0.1, -0.05) is 66.7 Å². The molecule has 0 spiro atoms. The SMILES string of the molecule is C[C@@H](NC(=O)COc1ccc([C@]2(c3ccc(F)cc3)NC(=O)[C@@H]2SCC(O)c2ccc(F)cc2)cc1)C(=O)N[C@H](Cc1ccccc1)C(=O)O. The number of thioether (sulfide) groups is 1. The van der Waals surface area contributed by atoms with E-state index in [1.165, 1.54) is 55.1 Å². The van der Waals surface area contributed by atoms with Gasteiger partial charge >= 0.3 is 5.97 Å². The molecule has 1 aliphatic heterocycles. The summed E-state index contributed by atoms with van der Waals surface area (Å²) in [6.45, 7) is 0.987. The molecule has 4 aromatic rings. The van der Waals surface area contributed by atoms with E-state index in [0.717, 1.165) is 5.56 Å². The minimum Gasteiger partial charge on any atom is -0.484 e. The molecular formula is C37H35F2N3O7S. The van der Waals surface area contributed by atoms with Gasteiger partial charge in [-0.3, -0.25) is 14.4 Å². The highest BCUT2D eigenvalue weighted by molar-refractivity contribution is 8.00. The van der Waals surface area contributed by atoms with Crippen molar-refractivity contribution in [3.05, 3.63) is 137 Å². The van der Waals surface area contributed by atoms with Crippen molar-refractivity contribution in [3.8, 4) is 5.75 Å². The van der Waals surface area contributed by atoms with Crippen LogP contribution >= 0.6 is 11.8 Å². The Bertz CT molecular complexity index is 1810. The molecule has 3 amide bonds. The number of nitrogens with one attached hydrogen (secondary N) is 3. The highest BCUT2D eigenvalue weighted by Gasteiger charge is 2.56. The van der Waals surface area contributed by atoms with Gasteiger partial charge in [-0.25, -0.2) is 13.6 Å². The van der Waals surface area contributed by atoms with E-state index in [-0.39, 0.29) is 18.1 Å². The Morgan fingerprint density at radius 1 is 0.880 bits per heavy atom. The summed E-state index contributed by atoms with van der Waals surface area (Å²) in [6.07, 6.45) is -0.894. The number of aliphatic hydroxyl groups excluding tert-OH is 1. The third kappa shape index (κ3) is 8.47. The number of β-lactam (4-membered cyclic amide) rings is 1. The van der Waals surface area contributed by atoms with Gasteiger partial charge in [-0.15, -0.1) is 11.8 Å². The molecule has 0 radical (unpaired) electrons. The quantitative estimate of drug-likeness (QED) is 0.117. The Morgan fingerprint density at radius 3 is 2.04 bits per heavy atom. The summed E-state index contributed by atoms with van der Waals surface area (Å²) in [4.78, 5) is 49.9. The summed E-state index contributed by atoms with van der Waals surface area (Å²) in [6, 6.07) is 24.4. The fraction of sp³-hybridized carbons (Fsp3) is 0.243. The average molecular weight is 704 g/mol. The van der Waals surface area contributed by atoms with Crippen molar-refractivity contribution in [2.45, 2.75) is 42.3 Å². The van der Waals surface area contributed by atoms with E-state index in [2.05, 4.69) is 16.0 Å². The summed E-state index contributed by atoms with van der Waals surface area (Å²) in [5.74, 6) is -3.21. The Kier molecular flexibility index (Phi) is 11.5. The molecule has 1 heterocycles. The van der Waals surface area contributed by atoms with Crippen molar-refractivity contribution >= 4 is 35.5 Å². The lowest BCUT2D eigenvalue weighted by atomic mass is 9.74. The Morgan fingerprint density at radius 2 is 1.46 bits per heavy atom. The standard InChI is InChI=1S/C37H35F2N3O7S/c1-22(34(45)41-30(36(47)48)19-23-5-3-2-4-6-23)40-32(44)20-49-29-17-11-26(12-18-29)37(25-9-15-28(39)16-10-25)33(35(46)42-37)50-21-31(43)24-7-13-27(38)14-8-24/h2-18,22,30-31,33,43H,19-21H2,1H3,(H,40,44)(H,41,45)(H,42,46)(H,47,48)/t22-,30-,31?,33+,37+/m1/s1. The first-order valence-electron chi connectivity index (χ1n) is 15.7. The second-order valence-electron chi connectivity index (χ2n) is 11.8. The van der Waals surface area contributed by atoms with Crippen LogP contribution in [0, 0.1) is 11.6 Å². The fourth-order valence-corrected chi connectivity index (χ4v) is 6.96. The summed E-state index contributed by atoms with van der Waals surface area (Å²) >= 11 is 1.21. The lowest BCUT2D eigenvalue weighted by Gasteiger charge is -2.50. The maximum atomic E-state index is 13.9. The van der Waals surface area contributed by atoms with Gasteiger partial charge in [-0.2, -0.15) is 0 Å². The van der Waals surface area contributed by atoms with Crippen LogP contribution in [0.25, 0.3) is 0 Å². The summed E-state index contributed by atoms with van der Waals surface area (Å²) in [5, 5.41) is 27.5. The van der Waals surface area contributed by atoms with Gasteiger partial charge in [0.25, 0.3) is 5.91 Å². The highest BCUT2D eigenvalue weighted by Crippen LogP contribution is 2.46. The van der Waals surface area contributed by atoms with Crippen LogP contribution < -0.4 is 20.7 Å². The number of aliphatic hydroxyl groups is 1. The van der Waals surface area contributed by atoms with Crippen LogP contribution in [0.3, 0.4) is 0 Å². The van der Waals surface area contributed by atoms with Crippen LogP contribution in [-0.4, -0.2) is 63.6 Å². The number of rotatable bonds is 15. The summed E-state index contributed by atoms with van der Waals surface area (Å²) < 4.78 is 32.9. The Hall–Kier alpha value is -5.27. The number of carbonyl (C=O) groups excluding carboxylic acids is 3. The van der Waals surface area contributed by atoms with Gasteiger partial charge in [0, 0.05) is 12.2 Å². The lowest BCUT2D eigenvalue weighted by molar-refractivity contribution is -0.142. The molecule has 0 aromatic heterocycles. The topological polar surface area (TPSA) is 154 Å². The molecule has 4 aromatic carbocycles. The first-order valence-corrected chi connectivity index (χ1v) is 16.7. The second kappa shape index (κ2) is 16.0. The first-order chi connectivity index (χ1) is 24.0. The molecule has 0 bridgehead atoms. The molecule has 1 saturated heterocycles. The normalized spacial score (nSPS) is 18.5. The van der Waals surface area contributed by atoms with Crippen molar-refractivity contribution in [2.75, 3.05) is 12.4 Å². The molecule has 0 aliphatic carbocycles. The van der Waals surface area contributed by atoms with E-state index >= 15 is 0 Å². The van der Waals surface area contributed by atoms with E-state index in [1.807, 2.05) is 0 Å². The van der Waals surface area contributed by atoms with Gasteiger partial charge in [-0.05, 0) is 65.6 Å². The molecule has 1 unspecified atom stereocenters. The smallest absolute Gasteiger partial charge is 0.326 e. The number of halogens is 2. The monoisotopic (exact) mass is 703 g/mol. The van der Waals surface area contributed by atoms with E-state index in [0.29, 0.717) is 22.4 Å². The molecule has 13 heteroatoms. The van der Waals surface area contributed by atoms with E-state index in [1.54, 1.807) is 66.7 Å². The molecule has 5 rings (SSSR count). The third-order valence-corrected chi connectivity index (χ3v) is 9.68. The average Bonchev–Trinajstić information content (AvgIpc) is 3.10. The van der Waals surface area contributed by atoms with Gasteiger partial charge in [0.2, 0.25) is 11.8 Å². The van der Waals surface area contributed by atoms with Crippen molar-refractivity contribution in [1.29, 1.82) is 0 Å². The number of aliphatic carboxylic acids is 1. The second-order valence-corrected chi connectivity index (χ2v) is 12.9. The molecule has 50 heavy (non-hydrogen) atoms. The summed E-state index contributed by atoms with van der Waals surface area (Å²) in [5.41, 5.74) is 1.41. The fourth-order valence-electron chi connectivity index (χ4n) is 5.60. The zero-order valence-corrected chi connectivity index (χ0v) is 27.7. The number of benzene rings is 4. The molecule has 1 aliphatic rings. The number of carboxylic acids is 1. The van der Waals surface area contributed by atoms with Crippen LogP contribution in [0.2, 0.25) is 0 Å². The van der Waals surface area contributed by atoms with Crippen molar-refractivity contribution in [1.82, 2.24) is 16.0 Å². The predicted octanol–water partition coefficient (Wildman–Crippen LogP) is 3.87. The zero-order chi connectivity index (χ0) is 35.8. The molecule has 5 N–H and O–H groups in total. The van der Waals surface area contributed by atoms with Gasteiger partial charge in [0.05, 0.1) is 6.10 Å². The minimum atomic E-state index is -1.21. The number of ether oxygens (including phenoxy) is 1. The number of carbonyl (C=O) groups is 4. The molecule has 10 nitrogen and oxygen atoms in total. The van der Waals surface area contributed by atoms with Gasteiger partial charge in [0.15, 0.2) is 6.61 Å². The van der Waals surface area contributed by atoms with Crippen LogP contribution in [0.4, 0.5) is 8.78 Å². The number of hydrogen-bond acceptors (Lipinski definition) is 7. The lowest BCUT2D eigenvalue weighted by Crippen LogP contribution is -2.69. The zero-order valence-electron chi connectivity index (χ0n) is 26.8. The predicted molar refractivity (Wildman–Crippen MR) is 182 cm³/mol. The molecule has 5 atom stereocenters. The van der Waals surface area contributed by atoms with Crippen LogP contribution in [0.15, 0.2) is 103 Å². The molecule has 1 fully saturated rings. The Balaban J connectivity index is 1.21. The largest absolute Gasteiger partial charge is 0.484 e. The van der Waals surface area contributed by atoms with Crippen LogP contribution in [0.5, 0.6) is 5.75 Å². The van der Waals surface area contributed by atoms with Gasteiger partial charge in [0.1, 0.15) is 40.3 Å². The maximum absolute atomic E-state index is 13.9. The van der Waals surface area contributed by atoms with Crippen molar-refractivity contribution in [2.24, 2.45) is 0 Å². The van der Waals surface area contributed by atoms with Crippen molar-refractivity contribution < 1.29 is 42.9 Å². The Labute approximate surface area is 291 Å². The summed E-state index contributed by atoms with van der Waals surface area (Å²) in [7, 11) is 0. The van der Waals surface area contributed by atoms with Gasteiger partial charge < -0.3 is 30.9 Å².